The molecule has 1 fully saturated rings. The van der Waals surface area contributed by atoms with Crippen molar-refractivity contribution in [2.75, 3.05) is 19.8 Å². The third kappa shape index (κ3) is 4.47. The average Bonchev–Trinajstić information content (AvgIpc) is 2.47. The van der Waals surface area contributed by atoms with Crippen LogP contribution in [0.5, 0.6) is 0 Å². The van der Waals surface area contributed by atoms with Crippen molar-refractivity contribution in [3.05, 3.63) is 35.4 Å². The van der Waals surface area contributed by atoms with Crippen molar-refractivity contribution in [1.29, 1.82) is 0 Å². The fourth-order valence-corrected chi connectivity index (χ4v) is 2.27. The highest BCUT2D eigenvalue weighted by Gasteiger charge is 2.29. The van der Waals surface area contributed by atoms with E-state index in [4.69, 9.17) is 4.74 Å². The molecule has 2 N–H and O–H groups in total. The predicted octanol–water partition coefficient (Wildman–Crippen LogP) is 1.56. The summed E-state index contributed by atoms with van der Waals surface area (Å²) in [6.07, 6.45) is 1.13. The Labute approximate surface area is 122 Å². The van der Waals surface area contributed by atoms with Crippen molar-refractivity contribution in [1.82, 2.24) is 5.32 Å². The molecular formula is C15H19F2NO3. The third-order valence-electron chi connectivity index (χ3n) is 3.69. The van der Waals surface area contributed by atoms with Crippen LogP contribution in [-0.4, -0.2) is 36.4 Å². The zero-order valence-electron chi connectivity index (χ0n) is 11.7. The first-order valence-corrected chi connectivity index (χ1v) is 7.00. The van der Waals surface area contributed by atoms with Gasteiger partial charge in [-0.1, -0.05) is 12.1 Å². The van der Waals surface area contributed by atoms with Gasteiger partial charge in [0, 0.05) is 39.0 Å². The third-order valence-corrected chi connectivity index (χ3v) is 3.69. The fourth-order valence-electron chi connectivity index (χ4n) is 2.27. The number of benzene rings is 1. The highest BCUT2D eigenvalue weighted by Crippen LogP contribution is 2.19. The summed E-state index contributed by atoms with van der Waals surface area (Å²) in [5.41, 5.74) is -0.757. The number of carbonyl (C=O) groups excluding carboxylic acids is 1. The molecule has 1 saturated heterocycles. The van der Waals surface area contributed by atoms with E-state index in [1.165, 1.54) is 12.1 Å². The maximum absolute atomic E-state index is 13.4. The summed E-state index contributed by atoms with van der Waals surface area (Å²) >= 11 is 0. The molecule has 6 heteroatoms. The number of aliphatic hydroxyl groups is 1. The summed E-state index contributed by atoms with van der Waals surface area (Å²) in [7, 11) is 0. The van der Waals surface area contributed by atoms with Gasteiger partial charge < -0.3 is 15.2 Å². The molecule has 21 heavy (non-hydrogen) atoms. The molecule has 0 unspecified atom stereocenters. The standard InChI is InChI=1S/C15H19F2NO3/c16-12-3-1-2-11(14(12)17)4-5-13(19)18-10-15(20)6-8-21-9-7-15/h1-3,20H,4-10H2,(H,18,19). The van der Waals surface area contributed by atoms with Crippen LogP contribution in [-0.2, 0) is 16.0 Å². The number of amides is 1. The van der Waals surface area contributed by atoms with Gasteiger partial charge in [-0.3, -0.25) is 4.79 Å². The van der Waals surface area contributed by atoms with Crippen molar-refractivity contribution < 1.29 is 23.4 Å². The molecular weight excluding hydrogens is 280 g/mol. The molecule has 1 aromatic carbocycles. The second kappa shape index (κ2) is 6.95. The van der Waals surface area contributed by atoms with Crippen LogP contribution in [0.2, 0.25) is 0 Å². The molecule has 0 bridgehead atoms. The second-order valence-electron chi connectivity index (χ2n) is 5.33. The van der Waals surface area contributed by atoms with Crippen molar-refractivity contribution in [2.24, 2.45) is 0 Å². The smallest absolute Gasteiger partial charge is 0.220 e. The normalized spacial score (nSPS) is 17.5. The Kier molecular flexibility index (Phi) is 5.25. The lowest BCUT2D eigenvalue weighted by atomic mass is 9.94. The predicted molar refractivity (Wildman–Crippen MR) is 72.7 cm³/mol. The summed E-state index contributed by atoms with van der Waals surface area (Å²) < 4.78 is 31.6. The van der Waals surface area contributed by atoms with Crippen LogP contribution in [0.4, 0.5) is 8.78 Å². The van der Waals surface area contributed by atoms with Crippen molar-refractivity contribution >= 4 is 5.91 Å². The van der Waals surface area contributed by atoms with Crippen molar-refractivity contribution in [3.63, 3.8) is 0 Å². The first-order valence-electron chi connectivity index (χ1n) is 7.00. The van der Waals surface area contributed by atoms with Crippen LogP contribution < -0.4 is 5.32 Å². The lowest BCUT2D eigenvalue weighted by molar-refractivity contribution is -0.123. The summed E-state index contributed by atoms with van der Waals surface area (Å²) in [5.74, 6) is -2.11. The van der Waals surface area contributed by atoms with E-state index >= 15 is 0 Å². The van der Waals surface area contributed by atoms with Crippen LogP contribution >= 0.6 is 0 Å². The molecule has 1 aliphatic heterocycles. The van der Waals surface area contributed by atoms with Gasteiger partial charge in [-0.2, -0.15) is 0 Å². The number of halogens is 2. The molecule has 0 spiro atoms. The molecule has 1 heterocycles. The first-order chi connectivity index (χ1) is 10.0. The molecule has 0 radical (unpaired) electrons. The van der Waals surface area contributed by atoms with Gasteiger partial charge in [-0.15, -0.1) is 0 Å². The van der Waals surface area contributed by atoms with Crippen LogP contribution in [0.25, 0.3) is 0 Å². The van der Waals surface area contributed by atoms with Crippen LogP contribution in [0.15, 0.2) is 18.2 Å². The molecule has 4 nitrogen and oxygen atoms in total. The van der Waals surface area contributed by atoms with Gasteiger partial charge in [0.2, 0.25) is 5.91 Å². The summed E-state index contributed by atoms with van der Waals surface area (Å²) in [5, 5.41) is 12.8. The molecule has 1 aliphatic rings. The molecule has 1 amide bonds. The van der Waals surface area contributed by atoms with E-state index < -0.39 is 17.2 Å². The Bertz CT molecular complexity index is 502. The van der Waals surface area contributed by atoms with E-state index in [9.17, 15) is 18.7 Å². The Hall–Kier alpha value is -1.53. The lowest BCUT2D eigenvalue weighted by Gasteiger charge is -2.32. The Morgan fingerprint density at radius 1 is 1.33 bits per heavy atom. The Morgan fingerprint density at radius 3 is 2.76 bits per heavy atom. The number of aryl methyl sites for hydroxylation is 1. The molecule has 1 aromatic rings. The van der Waals surface area contributed by atoms with E-state index in [1.807, 2.05) is 0 Å². The molecule has 0 atom stereocenters. The minimum absolute atomic E-state index is 0.0486. The van der Waals surface area contributed by atoms with E-state index in [1.54, 1.807) is 0 Å². The molecule has 0 saturated carbocycles. The minimum Gasteiger partial charge on any atom is -0.388 e. The van der Waals surface area contributed by atoms with Crippen LogP contribution in [0.3, 0.4) is 0 Å². The number of rotatable bonds is 5. The largest absolute Gasteiger partial charge is 0.388 e. The van der Waals surface area contributed by atoms with E-state index in [2.05, 4.69) is 5.32 Å². The van der Waals surface area contributed by atoms with E-state index in [-0.39, 0.29) is 30.9 Å². The Balaban J connectivity index is 1.78. The van der Waals surface area contributed by atoms with Crippen LogP contribution in [0.1, 0.15) is 24.8 Å². The zero-order chi connectivity index (χ0) is 15.3. The van der Waals surface area contributed by atoms with E-state index in [0.717, 1.165) is 6.07 Å². The van der Waals surface area contributed by atoms with Gasteiger partial charge in [0.15, 0.2) is 11.6 Å². The number of hydrogen-bond acceptors (Lipinski definition) is 3. The van der Waals surface area contributed by atoms with Gasteiger partial charge in [0.1, 0.15) is 0 Å². The monoisotopic (exact) mass is 299 g/mol. The highest BCUT2D eigenvalue weighted by molar-refractivity contribution is 5.76. The van der Waals surface area contributed by atoms with Crippen molar-refractivity contribution in [3.8, 4) is 0 Å². The average molecular weight is 299 g/mol. The van der Waals surface area contributed by atoms with Gasteiger partial charge in [0.05, 0.1) is 5.60 Å². The van der Waals surface area contributed by atoms with Gasteiger partial charge in [-0.05, 0) is 18.1 Å². The minimum atomic E-state index is -0.933. The quantitative estimate of drug-likeness (QED) is 0.867. The molecule has 0 aliphatic carbocycles. The highest BCUT2D eigenvalue weighted by atomic mass is 19.2. The number of carbonyl (C=O) groups is 1. The number of hydrogen-bond donors (Lipinski definition) is 2. The fraction of sp³-hybridized carbons (Fsp3) is 0.533. The van der Waals surface area contributed by atoms with Gasteiger partial charge >= 0.3 is 0 Å². The Morgan fingerprint density at radius 2 is 2.05 bits per heavy atom. The topological polar surface area (TPSA) is 58.6 Å². The molecule has 0 aromatic heterocycles. The SMILES string of the molecule is O=C(CCc1cccc(F)c1F)NCC1(O)CCOCC1. The summed E-state index contributed by atoms with van der Waals surface area (Å²) in [6, 6.07) is 3.91. The van der Waals surface area contributed by atoms with Crippen molar-refractivity contribution in [2.45, 2.75) is 31.3 Å². The lowest BCUT2D eigenvalue weighted by Crippen LogP contribution is -2.46. The second-order valence-corrected chi connectivity index (χ2v) is 5.33. The summed E-state index contributed by atoms with van der Waals surface area (Å²) in [6.45, 7) is 1.10. The number of nitrogens with one attached hydrogen (secondary N) is 1. The van der Waals surface area contributed by atoms with Crippen LogP contribution in [0, 0.1) is 11.6 Å². The van der Waals surface area contributed by atoms with Gasteiger partial charge in [-0.25, -0.2) is 8.78 Å². The zero-order valence-corrected chi connectivity index (χ0v) is 11.7. The molecule has 116 valence electrons. The van der Waals surface area contributed by atoms with E-state index in [0.29, 0.717) is 26.1 Å². The summed E-state index contributed by atoms with van der Waals surface area (Å²) in [4.78, 5) is 11.7. The van der Waals surface area contributed by atoms with Gasteiger partial charge in [0.25, 0.3) is 0 Å². The molecule has 2 rings (SSSR count). The maximum Gasteiger partial charge on any atom is 0.220 e. The number of ether oxygens (including phenoxy) is 1. The maximum atomic E-state index is 13.4. The first kappa shape index (κ1) is 15.9.